The second-order valence-corrected chi connectivity index (χ2v) is 5.28. The van der Waals surface area contributed by atoms with Gasteiger partial charge in [0.05, 0.1) is 18.7 Å². The summed E-state index contributed by atoms with van der Waals surface area (Å²) in [4.78, 5) is 18.2. The topological polar surface area (TPSA) is 42.4 Å². The SMILES string of the molecule is O=C(c1cccnc1)N1CCOC(c2ccccc2Cl)C1. The third-order valence-corrected chi connectivity index (χ3v) is 3.86. The van der Waals surface area contributed by atoms with Gasteiger partial charge in [-0.25, -0.2) is 0 Å². The van der Waals surface area contributed by atoms with E-state index in [4.69, 9.17) is 16.3 Å². The van der Waals surface area contributed by atoms with Crippen LogP contribution < -0.4 is 0 Å². The van der Waals surface area contributed by atoms with Crippen molar-refractivity contribution in [2.45, 2.75) is 6.10 Å². The van der Waals surface area contributed by atoms with E-state index in [1.165, 1.54) is 0 Å². The molecular weight excluding hydrogens is 288 g/mol. The monoisotopic (exact) mass is 302 g/mol. The third-order valence-electron chi connectivity index (χ3n) is 3.51. The van der Waals surface area contributed by atoms with Crippen LogP contribution in [-0.2, 0) is 4.74 Å². The Morgan fingerprint density at radius 2 is 2.14 bits per heavy atom. The number of amides is 1. The lowest BCUT2D eigenvalue weighted by atomic mass is 10.1. The first-order valence-electron chi connectivity index (χ1n) is 6.81. The fourth-order valence-electron chi connectivity index (χ4n) is 2.43. The molecule has 1 aliphatic rings. The predicted molar refractivity (Wildman–Crippen MR) is 80.3 cm³/mol. The van der Waals surface area contributed by atoms with Gasteiger partial charge in [-0.1, -0.05) is 29.8 Å². The molecule has 1 amide bonds. The van der Waals surface area contributed by atoms with Gasteiger partial charge >= 0.3 is 0 Å². The number of aromatic nitrogens is 1. The van der Waals surface area contributed by atoms with Crippen LogP contribution in [0.15, 0.2) is 48.8 Å². The normalized spacial score (nSPS) is 18.5. The van der Waals surface area contributed by atoms with Crippen LogP contribution in [0, 0.1) is 0 Å². The smallest absolute Gasteiger partial charge is 0.255 e. The molecule has 1 aromatic heterocycles. The van der Waals surface area contributed by atoms with Gasteiger partial charge < -0.3 is 9.64 Å². The van der Waals surface area contributed by atoms with Gasteiger partial charge in [0, 0.05) is 29.5 Å². The van der Waals surface area contributed by atoms with Crippen LogP contribution in [0.25, 0.3) is 0 Å². The molecule has 1 saturated heterocycles. The van der Waals surface area contributed by atoms with Crippen LogP contribution in [0.5, 0.6) is 0 Å². The molecule has 2 aromatic rings. The Morgan fingerprint density at radius 3 is 2.90 bits per heavy atom. The van der Waals surface area contributed by atoms with Crippen LogP contribution in [0.3, 0.4) is 0 Å². The lowest BCUT2D eigenvalue weighted by Gasteiger charge is -2.33. The van der Waals surface area contributed by atoms with Crippen LogP contribution >= 0.6 is 11.6 Å². The highest BCUT2D eigenvalue weighted by Gasteiger charge is 2.27. The van der Waals surface area contributed by atoms with Crippen molar-refractivity contribution in [1.29, 1.82) is 0 Å². The Morgan fingerprint density at radius 1 is 1.29 bits per heavy atom. The Balaban J connectivity index is 1.77. The lowest BCUT2D eigenvalue weighted by molar-refractivity contribution is -0.0227. The number of benzene rings is 1. The maximum Gasteiger partial charge on any atom is 0.255 e. The third kappa shape index (κ3) is 3.06. The van der Waals surface area contributed by atoms with Crippen molar-refractivity contribution >= 4 is 17.5 Å². The zero-order valence-electron chi connectivity index (χ0n) is 11.4. The number of carbonyl (C=O) groups is 1. The Labute approximate surface area is 128 Å². The summed E-state index contributed by atoms with van der Waals surface area (Å²) in [6, 6.07) is 11.1. The van der Waals surface area contributed by atoms with E-state index < -0.39 is 0 Å². The van der Waals surface area contributed by atoms with Crippen LogP contribution in [0.1, 0.15) is 22.0 Å². The number of ether oxygens (including phenoxy) is 1. The molecule has 1 atom stereocenters. The minimum Gasteiger partial charge on any atom is -0.370 e. The van der Waals surface area contributed by atoms with Crippen molar-refractivity contribution in [2.75, 3.05) is 19.7 Å². The maximum absolute atomic E-state index is 12.5. The van der Waals surface area contributed by atoms with Gasteiger partial charge in [-0.2, -0.15) is 0 Å². The highest BCUT2D eigenvalue weighted by Crippen LogP contribution is 2.28. The van der Waals surface area contributed by atoms with Gasteiger partial charge in [0.1, 0.15) is 6.10 Å². The van der Waals surface area contributed by atoms with Crippen LogP contribution in [-0.4, -0.2) is 35.5 Å². The number of hydrogen-bond donors (Lipinski definition) is 0. The van der Waals surface area contributed by atoms with Crippen molar-refractivity contribution in [2.24, 2.45) is 0 Å². The predicted octanol–water partition coefficient (Wildman–Crippen LogP) is 2.95. The summed E-state index contributed by atoms with van der Waals surface area (Å²) in [6.45, 7) is 1.58. The van der Waals surface area contributed by atoms with Gasteiger partial charge in [-0.15, -0.1) is 0 Å². The van der Waals surface area contributed by atoms with Crippen molar-refractivity contribution in [3.8, 4) is 0 Å². The van der Waals surface area contributed by atoms with Crippen molar-refractivity contribution in [3.63, 3.8) is 0 Å². The van der Waals surface area contributed by atoms with Crippen molar-refractivity contribution < 1.29 is 9.53 Å². The molecule has 4 nitrogen and oxygen atoms in total. The molecule has 0 radical (unpaired) electrons. The second-order valence-electron chi connectivity index (χ2n) is 4.87. The average Bonchev–Trinajstić information content (AvgIpc) is 2.55. The fourth-order valence-corrected chi connectivity index (χ4v) is 2.69. The Kier molecular flexibility index (Phi) is 4.18. The number of pyridine rings is 1. The number of carbonyl (C=O) groups excluding carboxylic acids is 1. The zero-order chi connectivity index (χ0) is 14.7. The van der Waals surface area contributed by atoms with E-state index in [0.29, 0.717) is 30.3 Å². The quantitative estimate of drug-likeness (QED) is 0.856. The molecule has 0 saturated carbocycles. The Hall–Kier alpha value is -1.91. The molecule has 1 fully saturated rings. The molecule has 1 aromatic carbocycles. The molecule has 3 rings (SSSR count). The van der Waals surface area contributed by atoms with E-state index in [1.807, 2.05) is 24.3 Å². The zero-order valence-corrected chi connectivity index (χ0v) is 12.2. The van der Waals surface area contributed by atoms with E-state index in [9.17, 15) is 4.79 Å². The molecule has 108 valence electrons. The largest absolute Gasteiger partial charge is 0.370 e. The maximum atomic E-state index is 12.5. The van der Waals surface area contributed by atoms with E-state index in [0.717, 1.165) is 5.56 Å². The van der Waals surface area contributed by atoms with Crippen molar-refractivity contribution in [1.82, 2.24) is 9.88 Å². The summed E-state index contributed by atoms with van der Waals surface area (Å²) in [7, 11) is 0. The Bertz CT molecular complexity index is 633. The van der Waals surface area contributed by atoms with E-state index in [2.05, 4.69) is 4.98 Å². The molecule has 0 spiro atoms. The first kappa shape index (κ1) is 14.0. The van der Waals surface area contributed by atoms with E-state index in [1.54, 1.807) is 29.4 Å². The van der Waals surface area contributed by atoms with Crippen LogP contribution in [0.4, 0.5) is 0 Å². The molecule has 0 bridgehead atoms. The molecule has 1 aliphatic heterocycles. The minimum absolute atomic E-state index is 0.0246. The molecule has 5 heteroatoms. The number of morpholine rings is 1. The summed E-state index contributed by atoms with van der Waals surface area (Å²) in [5.41, 5.74) is 1.51. The van der Waals surface area contributed by atoms with Gasteiger partial charge in [-0.05, 0) is 18.2 Å². The fraction of sp³-hybridized carbons (Fsp3) is 0.250. The molecule has 1 unspecified atom stereocenters. The van der Waals surface area contributed by atoms with E-state index >= 15 is 0 Å². The van der Waals surface area contributed by atoms with Gasteiger partial charge in [0.25, 0.3) is 5.91 Å². The summed E-state index contributed by atoms with van der Waals surface area (Å²) >= 11 is 6.21. The number of rotatable bonds is 2. The number of nitrogens with zero attached hydrogens (tertiary/aromatic N) is 2. The van der Waals surface area contributed by atoms with E-state index in [-0.39, 0.29) is 12.0 Å². The molecule has 0 N–H and O–H groups in total. The van der Waals surface area contributed by atoms with Gasteiger partial charge in [0.2, 0.25) is 0 Å². The average molecular weight is 303 g/mol. The minimum atomic E-state index is -0.187. The lowest BCUT2D eigenvalue weighted by Crippen LogP contribution is -2.42. The second kappa shape index (κ2) is 6.24. The highest BCUT2D eigenvalue weighted by molar-refractivity contribution is 6.31. The standard InChI is InChI=1S/C16H15ClN2O2/c17-14-6-2-1-5-13(14)15-11-19(8-9-21-15)16(20)12-4-3-7-18-10-12/h1-7,10,15H,8-9,11H2. The first-order valence-corrected chi connectivity index (χ1v) is 7.19. The number of halogens is 1. The summed E-state index contributed by atoms with van der Waals surface area (Å²) in [5, 5.41) is 0.665. The molecule has 21 heavy (non-hydrogen) atoms. The number of hydrogen-bond acceptors (Lipinski definition) is 3. The highest BCUT2D eigenvalue weighted by atomic mass is 35.5. The molecular formula is C16H15ClN2O2. The summed E-state index contributed by atoms with van der Waals surface area (Å²) in [6.07, 6.45) is 3.05. The molecule has 0 aliphatic carbocycles. The van der Waals surface area contributed by atoms with Crippen molar-refractivity contribution in [3.05, 3.63) is 64.9 Å². The molecule has 2 heterocycles. The first-order chi connectivity index (χ1) is 10.3. The van der Waals surface area contributed by atoms with Crippen LogP contribution in [0.2, 0.25) is 5.02 Å². The van der Waals surface area contributed by atoms with Gasteiger partial charge in [0.15, 0.2) is 0 Å². The van der Waals surface area contributed by atoms with Gasteiger partial charge in [-0.3, -0.25) is 9.78 Å². The summed E-state index contributed by atoms with van der Waals surface area (Å²) < 4.78 is 5.77. The summed E-state index contributed by atoms with van der Waals surface area (Å²) in [5.74, 6) is -0.0246.